The molecule has 1 aromatic carbocycles. The molecule has 2 atom stereocenters. The van der Waals surface area contributed by atoms with E-state index in [-0.39, 0.29) is 46.8 Å². The fourth-order valence-corrected chi connectivity index (χ4v) is 5.65. The number of hydrogen-bond donors (Lipinski definition) is 3. The number of nitrogens with two attached hydrogens (primary N) is 1. The average molecular weight is 574 g/mol. The molecule has 2 aromatic rings. The number of aromatic nitrogens is 1. The zero-order chi connectivity index (χ0) is 28.1. The van der Waals surface area contributed by atoms with Gasteiger partial charge in [0.05, 0.1) is 0 Å². The van der Waals surface area contributed by atoms with E-state index in [0.29, 0.717) is 0 Å². The van der Waals surface area contributed by atoms with Gasteiger partial charge in [-0.05, 0) is 12.5 Å². The second kappa shape index (κ2) is 12.1. The zero-order valence-corrected chi connectivity index (χ0v) is 22.1. The molecule has 4 rings (SSSR count). The Morgan fingerprint density at radius 1 is 1.23 bits per heavy atom. The number of fused-ring (bicyclic) bond motifs is 1. The number of anilines is 1. The highest BCUT2D eigenvalue weighted by Gasteiger charge is 2.54. The monoisotopic (exact) mass is 573 g/mol. The molecule has 13 nitrogen and oxygen atoms in total. The fourth-order valence-electron chi connectivity index (χ4n) is 3.77. The van der Waals surface area contributed by atoms with Gasteiger partial charge in [0.2, 0.25) is 0 Å². The highest BCUT2D eigenvalue weighted by atomic mass is 32.2. The quantitative estimate of drug-likeness (QED) is 0.114. The molecule has 15 heteroatoms. The Morgan fingerprint density at radius 3 is 2.62 bits per heavy atom. The maximum Gasteiger partial charge on any atom is 0.352 e. The number of carbonyl (C=O) groups excluding carboxylic acids is 4. The number of oxime groups is 1. The van der Waals surface area contributed by atoms with E-state index < -0.39 is 47.4 Å². The van der Waals surface area contributed by atoms with Gasteiger partial charge in [0.25, 0.3) is 11.8 Å². The smallest absolute Gasteiger partial charge is 0.352 e. The largest absolute Gasteiger partial charge is 0.477 e. The van der Waals surface area contributed by atoms with E-state index in [4.69, 9.17) is 15.3 Å². The number of ketones is 1. The standard InChI is InChI=1S/C24H23N5O8S2/c1-12(30)7-16(31)36-9-14-10-38-22-18(21(33)29(22)19(14)23(34)35)27-20(32)17(15-11-39-24(25)26-15)28-37-8-13-5-3-2-4-6-13/h2-6,11,18,22H,7-10H2,1H3,(H2,25,26)(H,27,32)(H,34,35)/t18-,22+/m1/s1. The zero-order valence-electron chi connectivity index (χ0n) is 20.5. The van der Waals surface area contributed by atoms with Crippen LogP contribution in [-0.4, -0.2) is 74.0 Å². The molecule has 1 fully saturated rings. The summed E-state index contributed by atoms with van der Waals surface area (Å²) in [6.45, 7) is 0.930. The van der Waals surface area contributed by atoms with E-state index in [2.05, 4.69) is 15.5 Å². The topological polar surface area (TPSA) is 191 Å². The molecule has 0 saturated carbocycles. The van der Waals surface area contributed by atoms with Crippen molar-refractivity contribution in [1.29, 1.82) is 0 Å². The van der Waals surface area contributed by atoms with Gasteiger partial charge in [-0.15, -0.1) is 23.1 Å². The first-order valence-electron chi connectivity index (χ1n) is 11.5. The Kier molecular flexibility index (Phi) is 8.61. The number of nitrogens with one attached hydrogen (secondary N) is 1. The van der Waals surface area contributed by atoms with E-state index >= 15 is 0 Å². The van der Waals surface area contributed by atoms with Crippen molar-refractivity contribution >= 4 is 63.5 Å². The van der Waals surface area contributed by atoms with E-state index in [1.807, 2.05) is 30.3 Å². The van der Waals surface area contributed by atoms with Crippen molar-refractivity contribution < 1.29 is 38.7 Å². The number of esters is 1. The van der Waals surface area contributed by atoms with Crippen LogP contribution < -0.4 is 11.1 Å². The molecule has 1 saturated heterocycles. The number of thiazole rings is 1. The van der Waals surface area contributed by atoms with Crippen LogP contribution >= 0.6 is 23.1 Å². The van der Waals surface area contributed by atoms with Crippen molar-refractivity contribution in [3.8, 4) is 0 Å². The lowest BCUT2D eigenvalue weighted by atomic mass is 10.0. The summed E-state index contributed by atoms with van der Waals surface area (Å²) in [5.74, 6) is -3.86. The number of nitrogens with zero attached hydrogens (tertiary/aromatic N) is 3. The van der Waals surface area contributed by atoms with Crippen LogP contribution in [0.1, 0.15) is 24.6 Å². The third kappa shape index (κ3) is 6.43. The second-order valence-corrected chi connectivity index (χ2v) is 10.4. The Labute approximate surface area is 230 Å². The lowest BCUT2D eigenvalue weighted by Gasteiger charge is -2.49. The van der Waals surface area contributed by atoms with Crippen molar-refractivity contribution in [2.75, 3.05) is 18.1 Å². The molecular weight excluding hydrogens is 550 g/mol. The van der Waals surface area contributed by atoms with Crippen LogP contribution in [0, 0.1) is 0 Å². The van der Waals surface area contributed by atoms with E-state index in [9.17, 15) is 29.1 Å². The average Bonchev–Trinajstić information content (AvgIpc) is 3.33. The molecule has 2 amide bonds. The van der Waals surface area contributed by atoms with Crippen molar-refractivity contribution in [2.45, 2.75) is 31.4 Å². The van der Waals surface area contributed by atoms with Gasteiger partial charge in [-0.2, -0.15) is 0 Å². The third-order valence-corrected chi connectivity index (χ3v) is 7.56. The SMILES string of the molecule is CC(=O)CC(=O)OCC1=C(C(=O)O)N2C(=O)[C@@H](NC(=O)C(=NOCc3ccccc3)c3csc(N)n3)[C@@H]2SC1. The van der Waals surface area contributed by atoms with Crippen LogP contribution in [0.25, 0.3) is 0 Å². The number of thioether (sulfide) groups is 1. The third-order valence-electron chi connectivity index (χ3n) is 5.55. The second-order valence-electron chi connectivity index (χ2n) is 8.43. The van der Waals surface area contributed by atoms with Gasteiger partial charge >= 0.3 is 11.9 Å². The molecule has 2 aliphatic rings. The predicted octanol–water partition coefficient (Wildman–Crippen LogP) is 0.907. The van der Waals surface area contributed by atoms with Crippen LogP contribution in [0.2, 0.25) is 0 Å². The van der Waals surface area contributed by atoms with Gasteiger partial charge in [-0.1, -0.05) is 35.5 Å². The summed E-state index contributed by atoms with van der Waals surface area (Å²) in [7, 11) is 0. The van der Waals surface area contributed by atoms with E-state index in [1.165, 1.54) is 24.1 Å². The molecule has 3 heterocycles. The highest BCUT2D eigenvalue weighted by Crippen LogP contribution is 2.40. The summed E-state index contributed by atoms with van der Waals surface area (Å²) in [4.78, 5) is 71.4. The molecule has 204 valence electrons. The first-order valence-corrected chi connectivity index (χ1v) is 13.4. The lowest BCUT2D eigenvalue weighted by Crippen LogP contribution is -2.71. The minimum absolute atomic E-state index is 0.0817. The number of amides is 2. The van der Waals surface area contributed by atoms with Crippen molar-refractivity contribution in [2.24, 2.45) is 5.16 Å². The van der Waals surface area contributed by atoms with Crippen LogP contribution in [0.15, 0.2) is 52.1 Å². The van der Waals surface area contributed by atoms with Crippen molar-refractivity contribution in [1.82, 2.24) is 15.2 Å². The molecule has 1 aromatic heterocycles. The molecule has 0 bridgehead atoms. The Bertz CT molecular complexity index is 1370. The Morgan fingerprint density at radius 2 is 1.97 bits per heavy atom. The highest BCUT2D eigenvalue weighted by molar-refractivity contribution is 8.00. The summed E-state index contributed by atoms with van der Waals surface area (Å²) < 4.78 is 5.01. The number of rotatable bonds is 11. The van der Waals surface area contributed by atoms with E-state index in [1.54, 1.807) is 0 Å². The lowest BCUT2D eigenvalue weighted by molar-refractivity contribution is -0.150. The molecule has 0 radical (unpaired) electrons. The summed E-state index contributed by atoms with van der Waals surface area (Å²) in [6.07, 6.45) is -0.439. The van der Waals surface area contributed by atoms with Gasteiger partial charge in [-0.25, -0.2) is 9.78 Å². The maximum atomic E-state index is 13.2. The normalized spacial score (nSPS) is 18.6. The molecule has 4 N–H and O–H groups in total. The number of β-lactam (4-membered cyclic amide) rings is 1. The van der Waals surface area contributed by atoms with Crippen LogP contribution in [0.4, 0.5) is 5.13 Å². The number of carboxylic acid groups (broad SMARTS) is 1. The summed E-state index contributed by atoms with van der Waals surface area (Å²) in [5, 5.41) is 17.3. The number of hydrogen-bond acceptors (Lipinski definition) is 12. The Hall–Kier alpha value is -4.24. The number of nitrogen functional groups attached to an aromatic ring is 1. The summed E-state index contributed by atoms with van der Waals surface area (Å²) in [5.41, 5.74) is 6.37. The summed E-state index contributed by atoms with van der Waals surface area (Å²) in [6, 6.07) is 8.10. The van der Waals surface area contributed by atoms with Crippen LogP contribution in [-0.2, 0) is 40.2 Å². The van der Waals surface area contributed by atoms with Crippen molar-refractivity contribution in [3.63, 3.8) is 0 Å². The first kappa shape index (κ1) is 27.8. The van der Waals surface area contributed by atoms with E-state index in [0.717, 1.165) is 21.8 Å². The number of aliphatic carboxylic acids is 1. The van der Waals surface area contributed by atoms with Crippen molar-refractivity contribution in [3.05, 3.63) is 58.2 Å². The minimum atomic E-state index is -1.38. The van der Waals surface area contributed by atoms with Gasteiger partial charge < -0.3 is 25.7 Å². The molecular formula is C24H23N5O8S2. The number of carbonyl (C=O) groups is 5. The Balaban J connectivity index is 1.47. The number of benzene rings is 1. The summed E-state index contributed by atoms with van der Waals surface area (Å²) >= 11 is 2.29. The first-order chi connectivity index (χ1) is 18.7. The predicted molar refractivity (Wildman–Crippen MR) is 140 cm³/mol. The molecule has 39 heavy (non-hydrogen) atoms. The number of Topliss-reactive ketones (excluding diaryl/α,β-unsaturated/α-hetero) is 1. The number of ether oxygens (including phenoxy) is 1. The number of carboxylic acids is 1. The molecule has 0 aliphatic carbocycles. The molecule has 2 aliphatic heterocycles. The van der Waals surface area contributed by atoms with Gasteiger partial charge in [0, 0.05) is 16.7 Å². The maximum absolute atomic E-state index is 13.2. The van der Waals surface area contributed by atoms with Gasteiger partial charge in [-0.3, -0.25) is 24.1 Å². The molecule has 0 unspecified atom stereocenters. The van der Waals surface area contributed by atoms with Gasteiger partial charge in [0.1, 0.15) is 48.2 Å². The molecule has 0 spiro atoms. The minimum Gasteiger partial charge on any atom is -0.477 e. The fraction of sp³-hybridized carbons (Fsp3) is 0.292. The van der Waals surface area contributed by atoms with Crippen LogP contribution in [0.5, 0.6) is 0 Å². The van der Waals surface area contributed by atoms with Crippen LogP contribution in [0.3, 0.4) is 0 Å². The van der Waals surface area contributed by atoms with Gasteiger partial charge in [0.15, 0.2) is 10.8 Å².